The van der Waals surface area contributed by atoms with E-state index in [4.69, 9.17) is 27.0 Å². The molecule has 0 radical (unpaired) electrons. The SMILES string of the molecule is CCCCCCCCc1ccccc1OP(=O)(Cl)Cl. The van der Waals surface area contributed by atoms with E-state index in [2.05, 4.69) is 6.92 Å². The van der Waals surface area contributed by atoms with E-state index < -0.39 is 6.07 Å². The minimum absolute atomic E-state index is 0.532. The van der Waals surface area contributed by atoms with Crippen molar-refractivity contribution in [1.82, 2.24) is 0 Å². The summed E-state index contributed by atoms with van der Waals surface area (Å²) >= 11 is 10.9. The number of hydrogen-bond acceptors (Lipinski definition) is 2. The molecule has 0 fully saturated rings. The molecule has 19 heavy (non-hydrogen) atoms. The minimum Gasteiger partial charge on any atom is -0.422 e. The molecule has 0 aromatic heterocycles. The Bertz CT molecular complexity index is 418. The first-order valence-corrected chi connectivity index (χ1v) is 10.2. The van der Waals surface area contributed by atoms with Crippen LogP contribution >= 0.6 is 28.6 Å². The quantitative estimate of drug-likeness (QED) is 0.380. The van der Waals surface area contributed by atoms with E-state index in [1.807, 2.05) is 18.2 Å². The van der Waals surface area contributed by atoms with Crippen LogP contribution in [0, 0.1) is 0 Å². The molecule has 0 saturated heterocycles. The number of benzene rings is 1. The fourth-order valence-corrected chi connectivity index (χ4v) is 2.86. The van der Waals surface area contributed by atoms with Gasteiger partial charge in [-0.3, -0.25) is 0 Å². The molecule has 0 N–H and O–H groups in total. The number of aryl methyl sites for hydroxylation is 1. The van der Waals surface area contributed by atoms with Crippen molar-refractivity contribution in [1.29, 1.82) is 0 Å². The third-order valence-electron chi connectivity index (χ3n) is 2.98. The fraction of sp³-hybridized carbons (Fsp3) is 0.571. The highest BCUT2D eigenvalue weighted by molar-refractivity contribution is 8.05. The maximum Gasteiger partial charge on any atom is 0.428 e. The Kier molecular flexibility index (Phi) is 7.90. The van der Waals surface area contributed by atoms with Crippen molar-refractivity contribution in [3.05, 3.63) is 29.8 Å². The molecule has 0 aliphatic heterocycles. The molecule has 0 aliphatic rings. The summed E-state index contributed by atoms with van der Waals surface area (Å²) in [6.07, 6.45) is 4.80. The van der Waals surface area contributed by atoms with Gasteiger partial charge in [0.1, 0.15) is 5.75 Å². The molecule has 0 spiro atoms. The zero-order valence-electron chi connectivity index (χ0n) is 11.3. The van der Waals surface area contributed by atoms with E-state index in [-0.39, 0.29) is 0 Å². The highest BCUT2D eigenvalue weighted by atomic mass is 35.9. The highest BCUT2D eigenvalue weighted by Crippen LogP contribution is 2.57. The number of hydrogen-bond donors (Lipinski definition) is 0. The van der Waals surface area contributed by atoms with Gasteiger partial charge in [0.2, 0.25) is 0 Å². The van der Waals surface area contributed by atoms with Gasteiger partial charge in [0.05, 0.1) is 0 Å². The monoisotopic (exact) mass is 322 g/mol. The fourth-order valence-electron chi connectivity index (χ4n) is 2.01. The van der Waals surface area contributed by atoms with Gasteiger partial charge in [-0.1, -0.05) is 57.2 Å². The zero-order chi connectivity index (χ0) is 14.1. The van der Waals surface area contributed by atoms with Gasteiger partial charge in [-0.2, -0.15) is 0 Å². The first-order valence-electron chi connectivity index (χ1n) is 6.80. The number of unbranched alkanes of at least 4 members (excludes halogenated alkanes) is 5. The third kappa shape index (κ3) is 7.87. The molecule has 0 unspecified atom stereocenters. The van der Waals surface area contributed by atoms with Gasteiger partial charge in [-0.25, -0.2) is 4.57 Å². The smallest absolute Gasteiger partial charge is 0.422 e. The van der Waals surface area contributed by atoms with Crippen LogP contribution in [-0.2, 0) is 11.0 Å². The Morgan fingerprint density at radius 1 is 1.05 bits per heavy atom. The van der Waals surface area contributed by atoms with Crippen LogP contribution in [0.5, 0.6) is 5.75 Å². The van der Waals surface area contributed by atoms with Crippen LogP contribution in [0.3, 0.4) is 0 Å². The largest absolute Gasteiger partial charge is 0.428 e. The van der Waals surface area contributed by atoms with Crippen molar-refractivity contribution in [2.45, 2.75) is 51.9 Å². The van der Waals surface area contributed by atoms with E-state index >= 15 is 0 Å². The average Bonchev–Trinajstić information content (AvgIpc) is 2.33. The van der Waals surface area contributed by atoms with Gasteiger partial charge < -0.3 is 4.52 Å². The van der Waals surface area contributed by atoms with E-state index in [0.29, 0.717) is 5.75 Å². The maximum absolute atomic E-state index is 11.3. The van der Waals surface area contributed by atoms with Crippen LogP contribution < -0.4 is 4.52 Å². The van der Waals surface area contributed by atoms with E-state index in [0.717, 1.165) is 18.4 Å². The molecule has 1 aromatic rings. The molecule has 0 heterocycles. The second-order valence-corrected chi connectivity index (χ2v) is 8.83. The van der Waals surface area contributed by atoms with Gasteiger partial charge >= 0.3 is 6.07 Å². The average molecular weight is 323 g/mol. The van der Waals surface area contributed by atoms with E-state index in [1.54, 1.807) is 6.07 Å². The Labute approximate surface area is 125 Å². The zero-order valence-corrected chi connectivity index (χ0v) is 13.7. The Morgan fingerprint density at radius 2 is 1.68 bits per heavy atom. The van der Waals surface area contributed by atoms with Crippen molar-refractivity contribution in [2.24, 2.45) is 0 Å². The van der Waals surface area contributed by atoms with Crippen LogP contribution in [-0.4, -0.2) is 0 Å². The van der Waals surface area contributed by atoms with Gasteiger partial charge in [0.15, 0.2) is 0 Å². The lowest BCUT2D eigenvalue weighted by atomic mass is 10.0. The summed E-state index contributed by atoms with van der Waals surface area (Å²) in [6.45, 7) is 2.21. The topological polar surface area (TPSA) is 26.3 Å². The van der Waals surface area contributed by atoms with E-state index in [1.165, 1.54) is 32.1 Å². The first kappa shape index (κ1) is 16.9. The van der Waals surface area contributed by atoms with Crippen molar-refractivity contribution >= 4 is 28.6 Å². The first-order chi connectivity index (χ1) is 9.03. The predicted octanol–water partition coefficient (Wildman–Crippen LogP) is 6.55. The van der Waals surface area contributed by atoms with Gasteiger partial charge in [-0.05, 0) is 24.5 Å². The molecule has 0 saturated carbocycles. The van der Waals surface area contributed by atoms with Crippen molar-refractivity contribution < 1.29 is 9.09 Å². The molecular weight excluding hydrogens is 302 g/mol. The molecule has 2 nitrogen and oxygen atoms in total. The summed E-state index contributed by atoms with van der Waals surface area (Å²) in [5, 5.41) is 0. The summed E-state index contributed by atoms with van der Waals surface area (Å²) in [5.74, 6) is 0.532. The highest BCUT2D eigenvalue weighted by Gasteiger charge is 2.17. The van der Waals surface area contributed by atoms with Crippen molar-refractivity contribution in [3.8, 4) is 5.75 Å². The molecule has 0 amide bonds. The third-order valence-corrected chi connectivity index (χ3v) is 3.80. The number of rotatable bonds is 9. The Morgan fingerprint density at radius 3 is 2.37 bits per heavy atom. The van der Waals surface area contributed by atoms with Crippen LogP contribution in [0.2, 0.25) is 0 Å². The lowest BCUT2D eigenvalue weighted by Crippen LogP contribution is -1.92. The van der Waals surface area contributed by atoms with Gasteiger partial charge in [0, 0.05) is 22.5 Å². The molecule has 1 aromatic carbocycles. The second-order valence-electron chi connectivity index (χ2n) is 4.63. The van der Waals surface area contributed by atoms with E-state index in [9.17, 15) is 4.57 Å². The molecule has 0 atom stereocenters. The van der Waals surface area contributed by atoms with Crippen LogP contribution in [0.15, 0.2) is 24.3 Å². The molecule has 0 aliphatic carbocycles. The summed E-state index contributed by atoms with van der Waals surface area (Å²) in [6, 6.07) is 7.48. The van der Waals surface area contributed by atoms with Gasteiger partial charge in [0.25, 0.3) is 0 Å². The Balaban J connectivity index is 2.42. The molecular formula is C14H21Cl2O2P. The maximum atomic E-state index is 11.3. The molecule has 0 bridgehead atoms. The normalized spacial score (nSPS) is 11.5. The number of para-hydroxylation sites is 1. The lowest BCUT2D eigenvalue weighted by Gasteiger charge is -2.11. The minimum atomic E-state index is -3.52. The standard InChI is InChI=1S/C14H21Cl2O2P/c1-2-3-4-5-6-7-10-13-11-8-9-12-14(13)18-19(15,16)17/h8-9,11-12H,2-7,10H2,1H3. The molecule has 5 heteroatoms. The van der Waals surface area contributed by atoms with Crippen LogP contribution in [0.25, 0.3) is 0 Å². The second kappa shape index (κ2) is 8.89. The summed E-state index contributed by atoms with van der Waals surface area (Å²) in [5.41, 5.74) is 1.01. The molecule has 108 valence electrons. The molecule has 1 rings (SSSR count). The van der Waals surface area contributed by atoms with Crippen LogP contribution in [0.1, 0.15) is 51.0 Å². The Hall–Kier alpha value is -0.170. The summed E-state index contributed by atoms with van der Waals surface area (Å²) < 4.78 is 16.4. The lowest BCUT2D eigenvalue weighted by molar-refractivity contribution is 0.508. The predicted molar refractivity (Wildman–Crippen MR) is 83.5 cm³/mol. The summed E-state index contributed by atoms with van der Waals surface area (Å²) in [7, 11) is 0. The number of halogens is 2. The summed E-state index contributed by atoms with van der Waals surface area (Å²) in [4.78, 5) is 0. The van der Waals surface area contributed by atoms with Gasteiger partial charge in [-0.15, -0.1) is 0 Å². The van der Waals surface area contributed by atoms with Crippen molar-refractivity contribution in [2.75, 3.05) is 0 Å². The van der Waals surface area contributed by atoms with Crippen LogP contribution in [0.4, 0.5) is 0 Å². The van der Waals surface area contributed by atoms with Crippen molar-refractivity contribution in [3.63, 3.8) is 0 Å².